The fourth-order valence-electron chi connectivity index (χ4n) is 3.39. The van der Waals surface area contributed by atoms with Gasteiger partial charge in [-0.1, -0.05) is 54.1 Å². The van der Waals surface area contributed by atoms with Gasteiger partial charge in [-0.15, -0.1) is 11.3 Å². The van der Waals surface area contributed by atoms with Crippen molar-refractivity contribution in [2.45, 2.75) is 32.0 Å². The highest BCUT2D eigenvalue weighted by Crippen LogP contribution is 2.28. The van der Waals surface area contributed by atoms with E-state index in [4.69, 9.17) is 11.6 Å². The van der Waals surface area contributed by atoms with Crippen LogP contribution in [0.3, 0.4) is 0 Å². The smallest absolute Gasteiger partial charge is 0.322 e. The maximum atomic E-state index is 13.3. The van der Waals surface area contributed by atoms with Crippen LogP contribution in [0.25, 0.3) is 0 Å². The molecule has 0 spiro atoms. The molecule has 2 aromatic carbocycles. The Morgan fingerprint density at radius 3 is 2.48 bits per heavy atom. The Labute approximate surface area is 191 Å². The SMILES string of the molecule is O=C(CN(C(=O)Nc1cccc(Cl)c1)C1CC1)N(Cc1ccccc1)Cc1cccs1. The van der Waals surface area contributed by atoms with Crippen LogP contribution in [0.15, 0.2) is 72.1 Å². The molecule has 0 saturated heterocycles. The third-order valence-corrected chi connectivity index (χ3v) is 6.22. The number of amides is 3. The molecule has 3 amide bonds. The highest BCUT2D eigenvalue weighted by atomic mass is 35.5. The predicted molar refractivity (Wildman–Crippen MR) is 125 cm³/mol. The van der Waals surface area contributed by atoms with Gasteiger partial charge in [-0.25, -0.2) is 4.79 Å². The summed E-state index contributed by atoms with van der Waals surface area (Å²) in [5, 5.41) is 5.44. The van der Waals surface area contributed by atoms with Gasteiger partial charge in [-0.2, -0.15) is 0 Å². The monoisotopic (exact) mass is 453 g/mol. The van der Waals surface area contributed by atoms with Gasteiger partial charge >= 0.3 is 6.03 Å². The number of thiophene rings is 1. The molecule has 1 saturated carbocycles. The van der Waals surface area contributed by atoms with Crippen LogP contribution in [-0.2, 0) is 17.9 Å². The molecular weight excluding hydrogens is 430 g/mol. The Balaban J connectivity index is 1.47. The number of anilines is 1. The second kappa shape index (κ2) is 9.98. The highest BCUT2D eigenvalue weighted by Gasteiger charge is 2.35. The van der Waals surface area contributed by atoms with Crippen LogP contribution >= 0.6 is 22.9 Å². The molecule has 0 unspecified atom stereocenters. The Kier molecular flexibility index (Phi) is 6.89. The quantitative estimate of drug-likeness (QED) is 0.480. The summed E-state index contributed by atoms with van der Waals surface area (Å²) in [7, 11) is 0. The van der Waals surface area contributed by atoms with Gasteiger partial charge in [0.2, 0.25) is 5.91 Å². The summed E-state index contributed by atoms with van der Waals surface area (Å²) in [6.45, 7) is 1.08. The fraction of sp³-hybridized carbons (Fsp3) is 0.250. The summed E-state index contributed by atoms with van der Waals surface area (Å²) in [4.78, 5) is 30.8. The molecule has 1 aromatic heterocycles. The minimum atomic E-state index is -0.270. The van der Waals surface area contributed by atoms with Crippen LogP contribution in [0, 0.1) is 0 Å². The Hall–Kier alpha value is -2.83. The third-order valence-electron chi connectivity index (χ3n) is 5.13. The molecule has 1 aliphatic rings. The van der Waals surface area contributed by atoms with Crippen LogP contribution in [-0.4, -0.2) is 34.3 Å². The van der Waals surface area contributed by atoms with Crippen LogP contribution in [0.2, 0.25) is 5.02 Å². The van der Waals surface area contributed by atoms with Crippen LogP contribution in [0.4, 0.5) is 10.5 Å². The third kappa shape index (κ3) is 6.09. The molecule has 0 aliphatic heterocycles. The zero-order chi connectivity index (χ0) is 21.6. The topological polar surface area (TPSA) is 52.7 Å². The number of benzene rings is 2. The molecule has 160 valence electrons. The van der Waals surface area contributed by atoms with Gasteiger partial charge in [0.25, 0.3) is 0 Å². The van der Waals surface area contributed by atoms with Crippen molar-refractivity contribution < 1.29 is 9.59 Å². The number of hydrogen-bond donors (Lipinski definition) is 1. The van der Waals surface area contributed by atoms with E-state index in [1.807, 2.05) is 52.7 Å². The Morgan fingerprint density at radius 2 is 1.81 bits per heavy atom. The maximum absolute atomic E-state index is 13.3. The molecule has 1 heterocycles. The molecular formula is C24H24ClN3O2S. The first-order valence-corrected chi connectivity index (χ1v) is 11.5. The summed E-state index contributed by atoms with van der Waals surface area (Å²) < 4.78 is 0. The number of rotatable bonds is 8. The molecule has 0 radical (unpaired) electrons. The van der Waals surface area contributed by atoms with Crippen molar-refractivity contribution in [2.24, 2.45) is 0 Å². The molecule has 3 aromatic rings. The summed E-state index contributed by atoms with van der Waals surface area (Å²) in [5.74, 6) is -0.0644. The van der Waals surface area contributed by atoms with Gasteiger partial charge in [0.15, 0.2) is 0 Å². The van der Waals surface area contributed by atoms with Crippen LogP contribution in [0.5, 0.6) is 0 Å². The normalized spacial score (nSPS) is 12.9. The van der Waals surface area contributed by atoms with Crippen molar-refractivity contribution in [3.8, 4) is 0 Å². The number of carbonyl (C=O) groups excluding carboxylic acids is 2. The van der Waals surface area contributed by atoms with Gasteiger partial charge in [0, 0.05) is 28.2 Å². The van der Waals surface area contributed by atoms with Gasteiger partial charge in [-0.05, 0) is 48.1 Å². The molecule has 5 nitrogen and oxygen atoms in total. The standard InChI is InChI=1S/C24H24ClN3O2S/c25-19-8-4-9-20(14-19)26-24(30)28(21-11-12-21)17-23(29)27(16-22-10-5-13-31-22)15-18-6-2-1-3-7-18/h1-10,13-14,21H,11-12,15-17H2,(H,26,30). The lowest BCUT2D eigenvalue weighted by Gasteiger charge is -2.28. The average Bonchev–Trinajstić information content (AvgIpc) is 3.47. The van der Waals surface area contributed by atoms with Gasteiger partial charge < -0.3 is 15.1 Å². The van der Waals surface area contributed by atoms with Crippen molar-refractivity contribution in [3.63, 3.8) is 0 Å². The van der Waals surface area contributed by atoms with Gasteiger partial charge in [0.05, 0.1) is 6.54 Å². The maximum Gasteiger partial charge on any atom is 0.322 e. The minimum absolute atomic E-state index is 0.0509. The van der Waals surface area contributed by atoms with E-state index < -0.39 is 0 Å². The van der Waals surface area contributed by atoms with Gasteiger partial charge in [0.1, 0.15) is 6.54 Å². The first kappa shape index (κ1) is 21.4. The summed E-state index contributed by atoms with van der Waals surface area (Å²) >= 11 is 7.66. The van der Waals surface area contributed by atoms with Crippen molar-refractivity contribution in [1.29, 1.82) is 0 Å². The molecule has 0 bridgehead atoms. The summed E-state index contributed by atoms with van der Waals surface area (Å²) in [6, 6.07) is 20.8. The largest absolute Gasteiger partial charge is 0.332 e. The minimum Gasteiger partial charge on any atom is -0.332 e. The number of carbonyl (C=O) groups is 2. The molecule has 1 N–H and O–H groups in total. The predicted octanol–water partition coefficient (Wildman–Crippen LogP) is 5.63. The number of nitrogens with one attached hydrogen (secondary N) is 1. The van der Waals surface area contributed by atoms with Crippen LogP contribution < -0.4 is 5.32 Å². The van der Waals surface area contributed by atoms with Gasteiger partial charge in [-0.3, -0.25) is 4.79 Å². The van der Waals surface area contributed by atoms with Crippen LogP contribution in [0.1, 0.15) is 23.3 Å². The van der Waals surface area contributed by atoms with Crippen molar-refractivity contribution in [1.82, 2.24) is 9.80 Å². The fourth-order valence-corrected chi connectivity index (χ4v) is 4.30. The van der Waals surface area contributed by atoms with E-state index in [-0.39, 0.29) is 24.5 Å². The zero-order valence-electron chi connectivity index (χ0n) is 17.0. The Bertz CT molecular complexity index is 1020. The lowest BCUT2D eigenvalue weighted by atomic mass is 10.2. The molecule has 0 atom stereocenters. The van der Waals surface area contributed by atoms with E-state index in [0.29, 0.717) is 23.8 Å². The lowest BCUT2D eigenvalue weighted by Crippen LogP contribution is -2.45. The van der Waals surface area contributed by atoms with E-state index in [9.17, 15) is 9.59 Å². The van der Waals surface area contributed by atoms with Crippen molar-refractivity contribution in [2.75, 3.05) is 11.9 Å². The molecule has 4 rings (SSSR count). The summed E-state index contributed by atoms with van der Waals surface area (Å²) in [6.07, 6.45) is 1.83. The average molecular weight is 454 g/mol. The van der Waals surface area contributed by atoms with Crippen molar-refractivity contribution >= 4 is 40.6 Å². The second-order valence-corrected chi connectivity index (χ2v) is 9.08. The molecule has 31 heavy (non-hydrogen) atoms. The van der Waals surface area contributed by atoms with E-state index in [2.05, 4.69) is 5.32 Å². The number of hydrogen-bond acceptors (Lipinski definition) is 3. The molecule has 1 aliphatic carbocycles. The first-order valence-electron chi connectivity index (χ1n) is 10.3. The number of nitrogens with zero attached hydrogens (tertiary/aromatic N) is 2. The molecule has 7 heteroatoms. The van der Waals surface area contributed by atoms with E-state index in [1.54, 1.807) is 40.5 Å². The number of urea groups is 1. The van der Waals surface area contributed by atoms with E-state index >= 15 is 0 Å². The number of halogens is 1. The highest BCUT2D eigenvalue weighted by molar-refractivity contribution is 7.09. The molecule has 1 fully saturated rings. The summed E-state index contributed by atoms with van der Waals surface area (Å²) in [5.41, 5.74) is 1.68. The Morgan fingerprint density at radius 1 is 1.00 bits per heavy atom. The van der Waals surface area contributed by atoms with E-state index in [0.717, 1.165) is 23.3 Å². The second-order valence-electron chi connectivity index (χ2n) is 7.61. The lowest BCUT2D eigenvalue weighted by molar-refractivity contribution is -0.133. The van der Waals surface area contributed by atoms with Crippen molar-refractivity contribution in [3.05, 3.63) is 87.6 Å². The zero-order valence-corrected chi connectivity index (χ0v) is 18.6. The first-order chi connectivity index (χ1) is 15.1. The van der Waals surface area contributed by atoms with E-state index in [1.165, 1.54) is 0 Å².